The fourth-order valence-electron chi connectivity index (χ4n) is 1.71. The minimum atomic E-state index is -0.775. The summed E-state index contributed by atoms with van der Waals surface area (Å²) in [5, 5.41) is 12.5. The molecule has 0 aliphatic heterocycles. The fourth-order valence-corrected chi connectivity index (χ4v) is 1.71. The average molecular weight is 249 g/mol. The highest BCUT2D eigenvalue weighted by molar-refractivity contribution is 5.76. The number of aliphatic carboxylic acids is 1. The van der Waals surface area contributed by atoms with Gasteiger partial charge < -0.3 is 10.4 Å². The molecule has 2 N–H and O–H groups in total. The van der Waals surface area contributed by atoms with Gasteiger partial charge in [-0.15, -0.1) is 0 Å². The second-order valence-electron chi connectivity index (χ2n) is 5.45. The van der Waals surface area contributed by atoms with Gasteiger partial charge in [-0.3, -0.25) is 4.79 Å². The first kappa shape index (κ1) is 14.7. The molecule has 0 aromatic heterocycles. The number of carboxylic acids is 1. The molecule has 0 aliphatic carbocycles. The predicted molar refractivity (Wildman–Crippen MR) is 73.8 cm³/mol. The van der Waals surface area contributed by atoms with Crippen LogP contribution in [0.3, 0.4) is 0 Å². The summed E-state index contributed by atoms with van der Waals surface area (Å²) in [5.74, 6) is -1.25. The summed E-state index contributed by atoms with van der Waals surface area (Å²) in [5.41, 5.74) is 1.06. The second kappa shape index (κ2) is 6.55. The van der Waals surface area contributed by atoms with Crippen molar-refractivity contribution in [1.82, 2.24) is 5.32 Å². The Bertz CT molecular complexity index is 373. The number of hydrogen-bond acceptors (Lipinski definition) is 2. The molecule has 0 spiro atoms. The Labute approximate surface area is 109 Å². The minimum absolute atomic E-state index is 0.208. The zero-order chi connectivity index (χ0) is 13.6. The lowest BCUT2D eigenvalue weighted by Crippen LogP contribution is -2.34. The molecule has 18 heavy (non-hydrogen) atoms. The van der Waals surface area contributed by atoms with Crippen molar-refractivity contribution in [2.24, 2.45) is 5.41 Å². The van der Waals surface area contributed by atoms with Crippen LogP contribution in [0.2, 0.25) is 0 Å². The van der Waals surface area contributed by atoms with E-state index in [4.69, 9.17) is 0 Å². The fraction of sp³-hybridized carbons (Fsp3) is 0.533. The van der Waals surface area contributed by atoms with Gasteiger partial charge in [-0.25, -0.2) is 0 Å². The van der Waals surface area contributed by atoms with E-state index in [1.54, 1.807) is 0 Å². The van der Waals surface area contributed by atoms with Crippen LogP contribution in [0.1, 0.15) is 38.7 Å². The third kappa shape index (κ3) is 4.49. The molecule has 100 valence electrons. The first-order valence-electron chi connectivity index (χ1n) is 6.45. The van der Waals surface area contributed by atoms with Crippen LogP contribution < -0.4 is 5.32 Å². The van der Waals surface area contributed by atoms with Crippen molar-refractivity contribution >= 4 is 5.97 Å². The Hall–Kier alpha value is -1.35. The van der Waals surface area contributed by atoms with Gasteiger partial charge in [0.25, 0.3) is 0 Å². The highest BCUT2D eigenvalue weighted by Crippen LogP contribution is 2.19. The summed E-state index contributed by atoms with van der Waals surface area (Å²) >= 11 is 0. The molecule has 1 rings (SSSR count). The summed E-state index contributed by atoms with van der Waals surface area (Å²) in [4.78, 5) is 11.3. The summed E-state index contributed by atoms with van der Waals surface area (Å²) in [6, 6.07) is 9.38. The van der Waals surface area contributed by atoms with Gasteiger partial charge in [0, 0.05) is 13.1 Å². The zero-order valence-corrected chi connectivity index (χ0v) is 11.4. The first-order chi connectivity index (χ1) is 8.46. The van der Waals surface area contributed by atoms with Gasteiger partial charge in [-0.1, -0.05) is 51.1 Å². The molecular formula is C15H23NO2. The number of nitrogens with one attached hydrogen (secondary N) is 1. The number of carboxylic acid groups (broad SMARTS) is 1. The van der Waals surface area contributed by atoms with E-state index < -0.39 is 11.9 Å². The Morgan fingerprint density at radius 1 is 1.33 bits per heavy atom. The molecule has 0 saturated carbocycles. The first-order valence-corrected chi connectivity index (χ1v) is 6.45. The maximum absolute atomic E-state index is 11.3. The van der Waals surface area contributed by atoms with Crippen molar-refractivity contribution in [1.29, 1.82) is 0 Å². The summed E-state index contributed by atoms with van der Waals surface area (Å²) in [7, 11) is 0. The van der Waals surface area contributed by atoms with E-state index in [0.717, 1.165) is 18.5 Å². The van der Waals surface area contributed by atoms with Crippen LogP contribution in [0, 0.1) is 5.41 Å². The average Bonchev–Trinajstić information content (AvgIpc) is 2.35. The summed E-state index contributed by atoms with van der Waals surface area (Å²) in [6.07, 6.45) is 1.07. The molecule has 0 heterocycles. The maximum Gasteiger partial charge on any atom is 0.312 e. The SMILES string of the molecule is CCC(C)(C)CNCC(C(=O)O)c1ccccc1. The van der Waals surface area contributed by atoms with Gasteiger partial charge in [-0.2, -0.15) is 0 Å². The van der Waals surface area contributed by atoms with Gasteiger partial charge in [0.05, 0.1) is 5.92 Å². The largest absolute Gasteiger partial charge is 0.481 e. The molecule has 0 aliphatic rings. The molecule has 3 nitrogen and oxygen atoms in total. The molecule has 1 aromatic carbocycles. The Morgan fingerprint density at radius 3 is 2.44 bits per heavy atom. The predicted octanol–water partition coefficient (Wildman–Crippen LogP) is 2.88. The van der Waals surface area contributed by atoms with Crippen molar-refractivity contribution in [2.45, 2.75) is 33.1 Å². The molecule has 0 radical (unpaired) electrons. The molecule has 0 fully saturated rings. The summed E-state index contributed by atoms with van der Waals surface area (Å²) < 4.78 is 0. The standard InChI is InChI=1S/C15H23NO2/c1-4-15(2,3)11-16-10-13(14(17)18)12-8-6-5-7-9-12/h5-9,13,16H,4,10-11H2,1-3H3,(H,17,18). The van der Waals surface area contributed by atoms with Crippen molar-refractivity contribution in [3.8, 4) is 0 Å². The zero-order valence-electron chi connectivity index (χ0n) is 11.4. The van der Waals surface area contributed by atoms with Crippen LogP contribution in [-0.2, 0) is 4.79 Å². The quantitative estimate of drug-likeness (QED) is 0.781. The van der Waals surface area contributed by atoms with Gasteiger partial charge in [0.15, 0.2) is 0 Å². The van der Waals surface area contributed by atoms with Crippen molar-refractivity contribution < 1.29 is 9.90 Å². The van der Waals surface area contributed by atoms with Crippen molar-refractivity contribution in [3.63, 3.8) is 0 Å². The minimum Gasteiger partial charge on any atom is -0.481 e. The Morgan fingerprint density at radius 2 is 1.94 bits per heavy atom. The van der Waals surface area contributed by atoms with Crippen LogP contribution in [0.25, 0.3) is 0 Å². The topological polar surface area (TPSA) is 49.3 Å². The number of carbonyl (C=O) groups is 1. The van der Waals surface area contributed by atoms with E-state index in [9.17, 15) is 9.90 Å². The normalized spacial score (nSPS) is 13.3. The van der Waals surface area contributed by atoms with Crippen LogP contribution in [-0.4, -0.2) is 24.2 Å². The number of hydrogen-bond donors (Lipinski definition) is 2. The third-order valence-electron chi connectivity index (χ3n) is 3.41. The molecule has 1 unspecified atom stereocenters. The van der Waals surface area contributed by atoms with E-state index in [2.05, 4.69) is 26.1 Å². The molecule has 1 atom stereocenters. The van der Waals surface area contributed by atoms with Crippen molar-refractivity contribution in [2.75, 3.05) is 13.1 Å². The van der Waals surface area contributed by atoms with Gasteiger partial charge >= 0.3 is 5.97 Å². The number of benzene rings is 1. The van der Waals surface area contributed by atoms with Crippen LogP contribution in [0.15, 0.2) is 30.3 Å². The smallest absolute Gasteiger partial charge is 0.312 e. The highest BCUT2D eigenvalue weighted by Gasteiger charge is 2.21. The van der Waals surface area contributed by atoms with Gasteiger partial charge in [0.2, 0.25) is 0 Å². The van der Waals surface area contributed by atoms with E-state index in [1.807, 2.05) is 30.3 Å². The van der Waals surface area contributed by atoms with E-state index in [0.29, 0.717) is 6.54 Å². The lowest BCUT2D eigenvalue weighted by molar-refractivity contribution is -0.138. The van der Waals surface area contributed by atoms with Gasteiger partial charge in [-0.05, 0) is 17.4 Å². The van der Waals surface area contributed by atoms with E-state index >= 15 is 0 Å². The monoisotopic (exact) mass is 249 g/mol. The lowest BCUT2D eigenvalue weighted by Gasteiger charge is -2.24. The molecular weight excluding hydrogens is 226 g/mol. The molecule has 0 bridgehead atoms. The van der Waals surface area contributed by atoms with E-state index in [1.165, 1.54) is 0 Å². The van der Waals surface area contributed by atoms with Gasteiger partial charge in [0.1, 0.15) is 0 Å². The Kier molecular flexibility index (Phi) is 5.35. The molecule has 3 heteroatoms. The molecule has 1 aromatic rings. The van der Waals surface area contributed by atoms with Crippen LogP contribution in [0.4, 0.5) is 0 Å². The molecule has 0 amide bonds. The van der Waals surface area contributed by atoms with Crippen LogP contribution in [0.5, 0.6) is 0 Å². The summed E-state index contributed by atoms with van der Waals surface area (Å²) in [6.45, 7) is 7.81. The Balaban J connectivity index is 2.58. The second-order valence-corrected chi connectivity index (χ2v) is 5.45. The van der Waals surface area contributed by atoms with Crippen molar-refractivity contribution in [3.05, 3.63) is 35.9 Å². The highest BCUT2D eigenvalue weighted by atomic mass is 16.4. The van der Waals surface area contributed by atoms with E-state index in [-0.39, 0.29) is 5.41 Å². The maximum atomic E-state index is 11.3. The lowest BCUT2D eigenvalue weighted by atomic mass is 9.90. The molecule has 0 saturated heterocycles. The third-order valence-corrected chi connectivity index (χ3v) is 3.41. The van der Waals surface area contributed by atoms with Crippen LogP contribution >= 0.6 is 0 Å². The number of rotatable bonds is 7.